The standard InChI is InChI=1S/C14H17N5O4/c1-7(2)12(21)19-13(22)10-11(17-14(19)15)18(6-16-10)9-4-3-8(5-20)23-9/h3-4,6-9,20H,5H2,1-2H3,(H2,15,17)/t8-,9+/m0/s1. The van der Waals surface area contributed by atoms with Crippen LogP contribution < -0.4 is 11.3 Å². The Morgan fingerprint density at radius 3 is 2.83 bits per heavy atom. The number of nitrogens with two attached hydrogens (primary N) is 1. The largest absolute Gasteiger partial charge is 0.393 e. The molecule has 2 atom stereocenters. The molecule has 0 spiro atoms. The summed E-state index contributed by atoms with van der Waals surface area (Å²) >= 11 is 0. The average molecular weight is 319 g/mol. The molecule has 2 aromatic heterocycles. The second-order valence-corrected chi connectivity index (χ2v) is 5.56. The zero-order chi connectivity index (χ0) is 16.7. The van der Waals surface area contributed by atoms with Crippen LogP contribution in [0.1, 0.15) is 24.9 Å². The highest BCUT2D eigenvalue weighted by molar-refractivity contribution is 5.85. The minimum absolute atomic E-state index is 0.0395. The first kappa shape index (κ1) is 15.4. The van der Waals surface area contributed by atoms with Crippen LogP contribution in [0.3, 0.4) is 0 Å². The highest BCUT2D eigenvalue weighted by Gasteiger charge is 2.25. The number of carbonyl (C=O) groups excluding carboxylic acids is 1. The number of nitrogen functional groups attached to an aromatic ring is 1. The van der Waals surface area contributed by atoms with Gasteiger partial charge in [0.2, 0.25) is 11.9 Å². The summed E-state index contributed by atoms with van der Waals surface area (Å²) in [6, 6.07) is 0. The number of fused-ring (bicyclic) bond motifs is 1. The van der Waals surface area contributed by atoms with E-state index in [4.69, 9.17) is 15.6 Å². The SMILES string of the molecule is CC(C)C(=O)n1c(N)nc2c(ncn2[C@H]2C=C[C@@H](CO)O2)c1=O. The van der Waals surface area contributed by atoms with Crippen LogP contribution in [-0.4, -0.2) is 42.8 Å². The van der Waals surface area contributed by atoms with Gasteiger partial charge in [0.25, 0.3) is 5.56 Å². The van der Waals surface area contributed by atoms with E-state index >= 15 is 0 Å². The molecule has 2 aromatic rings. The number of ether oxygens (including phenoxy) is 1. The first-order chi connectivity index (χ1) is 10.9. The zero-order valence-corrected chi connectivity index (χ0v) is 12.7. The molecule has 1 aliphatic rings. The van der Waals surface area contributed by atoms with Gasteiger partial charge in [-0.2, -0.15) is 4.98 Å². The maximum atomic E-state index is 12.5. The zero-order valence-electron chi connectivity index (χ0n) is 12.7. The molecule has 0 aliphatic carbocycles. The van der Waals surface area contributed by atoms with Crippen LogP contribution in [0.4, 0.5) is 5.95 Å². The van der Waals surface area contributed by atoms with Crippen molar-refractivity contribution in [2.45, 2.75) is 26.2 Å². The number of aliphatic hydroxyl groups is 1. The van der Waals surface area contributed by atoms with Gasteiger partial charge in [-0.1, -0.05) is 19.9 Å². The summed E-state index contributed by atoms with van der Waals surface area (Å²) < 4.78 is 7.93. The Kier molecular flexibility index (Phi) is 3.74. The van der Waals surface area contributed by atoms with Crippen molar-refractivity contribution >= 4 is 23.0 Å². The Labute approximate surface area is 131 Å². The molecule has 122 valence electrons. The Hall–Kier alpha value is -2.52. The normalized spacial score (nSPS) is 20.7. The minimum atomic E-state index is -0.606. The second kappa shape index (κ2) is 5.60. The van der Waals surface area contributed by atoms with E-state index in [9.17, 15) is 9.59 Å². The van der Waals surface area contributed by atoms with Crippen molar-refractivity contribution < 1.29 is 14.6 Å². The molecule has 9 heteroatoms. The Morgan fingerprint density at radius 1 is 1.48 bits per heavy atom. The molecular formula is C14H17N5O4. The molecule has 0 saturated heterocycles. The Balaban J connectivity index is 2.11. The molecule has 0 unspecified atom stereocenters. The summed E-state index contributed by atoms with van der Waals surface area (Å²) in [6.45, 7) is 3.19. The molecule has 9 nitrogen and oxygen atoms in total. The van der Waals surface area contributed by atoms with Gasteiger partial charge < -0.3 is 15.6 Å². The van der Waals surface area contributed by atoms with Crippen molar-refractivity contribution in [3.8, 4) is 0 Å². The van der Waals surface area contributed by atoms with Crippen LogP contribution in [0.5, 0.6) is 0 Å². The fraction of sp³-hybridized carbons (Fsp3) is 0.429. The van der Waals surface area contributed by atoms with Gasteiger partial charge in [0, 0.05) is 5.92 Å². The van der Waals surface area contributed by atoms with Gasteiger partial charge in [-0.05, 0) is 6.08 Å². The molecule has 3 heterocycles. The first-order valence-electron chi connectivity index (χ1n) is 7.18. The molecule has 0 fully saturated rings. The fourth-order valence-corrected chi connectivity index (χ4v) is 2.39. The Morgan fingerprint density at radius 2 is 2.22 bits per heavy atom. The molecular weight excluding hydrogens is 302 g/mol. The third-order valence-corrected chi connectivity index (χ3v) is 3.60. The number of imidazole rings is 1. The Bertz CT molecular complexity index is 851. The summed E-state index contributed by atoms with van der Waals surface area (Å²) in [4.78, 5) is 32.8. The van der Waals surface area contributed by atoms with E-state index in [1.807, 2.05) is 0 Å². The van der Waals surface area contributed by atoms with Crippen LogP contribution in [0.25, 0.3) is 11.2 Å². The van der Waals surface area contributed by atoms with E-state index in [0.29, 0.717) is 0 Å². The average Bonchev–Trinajstić information content (AvgIpc) is 3.12. The summed E-state index contributed by atoms with van der Waals surface area (Å²) in [5.74, 6) is -1.03. The van der Waals surface area contributed by atoms with Crippen molar-refractivity contribution in [3.05, 3.63) is 28.8 Å². The molecule has 3 rings (SSSR count). The van der Waals surface area contributed by atoms with E-state index in [-0.39, 0.29) is 23.7 Å². The van der Waals surface area contributed by atoms with Gasteiger partial charge in [-0.25, -0.2) is 9.55 Å². The summed E-state index contributed by atoms with van der Waals surface area (Å²) in [5.41, 5.74) is 5.46. The lowest BCUT2D eigenvalue weighted by Crippen LogP contribution is -2.33. The van der Waals surface area contributed by atoms with Crippen LogP contribution in [0.2, 0.25) is 0 Å². The minimum Gasteiger partial charge on any atom is -0.393 e. The van der Waals surface area contributed by atoms with Crippen LogP contribution in [0, 0.1) is 5.92 Å². The van der Waals surface area contributed by atoms with Crippen molar-refractivity contribution in [1.82, 2.24) is 19.1 Å². The summed E-state index contributed by atoms with van der Waals surface area (Å²) in [6.07, 6.45) is 3.88. The van der Waals surface area contributed by atoms with E-state index in [1.165, 1.54) is 10.9 Å². The molecule has 0 amide bonds. The number of rotatable bonds is 3. The molecule has 0 aromatic carbocycles. The van der Waals surface area contributed by atoms with Crippen LogP contribution in [-0.2, 0) is 4.74 Å². The van der Waals surface area contributed by atoms with Crippen LogP contribution >= 0.6 is 0 Å². The van der Waals surface area contributed by atoms with Gasteiger partial charge in [0.05, 0.1) is 12.9 Å². The monoisotopic (exact) mass is 319 g/mol. The van der Waals surface area contributed by atoms with Gasteiger partial charge in [-0.3, -0.25) is 14.2 Å². The van der Waals surface area contributed by atoms with Gasteiger partial charge >= 0.3 is 0 Å². The van der Waals surface area contributed by atoms with E-state index in [0.717, 1.165) is 4.57 Å². The second-order valence-electron chi connectivity index (χ2n) is 5.56. The van der Waals surface area contributed by atoms with Gasteiger partial charge in [0.15, 0.2) is 17.4 Å². The van der Waals surface area contributed by atoms with Crippen molar-refractivity contribution in [2.24, 2.45) is 5.92 Å². The number of aromatic nitrogens is 4. The maximum absolute atomic E-state index is 12.5. The van der Waals surface area contributed by atoms with E-state index < -0.39 is 29.7 Å². The lowest BCUT2D eigenvalue weighted by Gasteiger charge is -2.15. The van der Waals surface area contributed by atoms with Crippen LogP contribution in [0.15, 0.2) is 23.3 Å². The van der Waals surface area contributed by atoms with Crippen molar-refractivity contribution in [1.29, 1.82) is 0 Å². The number of anilines is 1. The number of nitrogens with zero attached hydrogens (tertiary/aromatic N) is 4. The third kappa shape index (κ3) is 2.43. The lowest BCUT2D eigenvalue weighted by molar-refractivity contribution is -0.00638. The summed E-state index contributed by atoms with van der Waals surface area (Å²) in [7, 11) is 0. The number of hydrogen-bond donors (Lipinski definition) is 2. The smallest absolute Gasteiger partial charge is 0.289 e. The van der Waals surface area contributed by atoms with Crippen molar-refractivity contribution in [2.75, 3.05) is 12.3 Å². The number of aliphatic hydroxyl groups excluding tert-OH is 1. The molecule has 3 N–H and O–H groups in total. The molecule has 0 saturated carbocycles. The number of hydrogen-bond acceptors (Lipinski definition) is 7. The maximum Gasteiger partial charge on any atom is 0.289 e. The van der Waals surface area contributed by atoms with E-state index in [1.54, 1.807) is 26.0 Å². The molecule has 1 aliphatic heterocycles. The highest BCUT2D eigenvalue weighted by atomic mass is 16.5. The first-order valence-corrected chi connectivity index (χ1v) is 7.18. The quantitative estimate of drug-likeness (QED) is 0.758. The fourth-order valence-electron chi connectivity index (χ4n) is 2.39. The predicted octanol–water partition coefficient (Wildman–Crippen LogP) is -0.0827. The number of carbonyl (C=O) groups is 1. The topological polar surface area (TPSA) is 125 Å². The lowest BCUT2D eigenvalue weighted by atomic mass is 10.2. The highest BCUT2D eigenvalue weighted by Crippen LogP contribution is 2.24. The molecule has 23 heavy (non-hydrogen) atoms. The van der Waals surface area contributed by atoms with Gasteiger partial charge in [0.1, 0.15) is 6.10 Å². The predicted molar refractivity (Wildman–Crippen MR) is 81.8 cm³/mol. The molecule has 0 bridgehead atoms. The molecule has 0 radical (unpaired) electrons. The summed E-state index contributed by atoms with van der Waals surface area (Å²) in [5, 5.41) is 9.10. The van der Waals surface area contributed by atoms with Gasteiger partial charge in [-0.15, -0.1) is 0 Å². The third-order valence-electron chi connectivity index (χ3n) is 3.60. The van der Waals surface area contributed by atoms with Crippen molar-refractivity contribution in [3.63, 3.8) is 0 Å². The van der Waals surface area contributed by atoms with E-state index in [2.05, 4.69) is 9.97 Å².